The molecule has 0 unspecified atom stereocenters. The van der Waals surface area contributed by atoms with E-state index in [4.69, 9.17) is 5.26 Å². The summed E-state index contributed by atoms with van der Waals surface area (Å²) in [5.74, 6) is 0.0129. The van der Waals surface area contributed by atoms with E-state index in [0.29, 0.717) is 22.5 Å². The van der Waals surface area contributed by atoms with E-state index in [9.17, 15) is 5.11 Å². The van der Waals surface area contributed by atoms with E-state index in [0.717, 1.165) is 0 Å². The van der Waals surface area contributed by atoms with Crippen molar-refractivity contribution in [2.45, 2.75) is 20.8 Å². The second-order valence-electron chi connectivity index (χ2n) is 3.28. The van der Waals surface area contributed by atoms with Crippen molar-refractivity contribution < 1.29 is 5.11 Å². The number of rotatable bonds is 3. The molecule has 0 atom stereocenters. The number of nitrogens with zero attached hydrogens (tertiary/aromatic N) is 2. The van der Waals surface area contributed by atoms with Gasteiger partial charge in [0.1, 0.15) is 5.75 Å². The summed E-state index contributed by atoms with van der Waals surface area (Å²) in [7, 11) is 0. The summed E-state index contributed by atoms with van der Waals surface area (Å²) in [6, 6.07) is 6.60. The first-order valence-electron chi connectivity index (χ1n) is 5.68. The van der Waals surface area contributed by atoms with Crippen LogP contribution in [0.2, 0.25) is 0 Å². The molecule has 0 spiro atoms. The van der Waals surface area contributed by atoms with Crippen molar-refractivity contribution in [3.8, 4) is 11.8 Å². The molecule has 1 aromatic rings. The second kappa shape index (κ2) is 7.86. The summed E-state index contributed by atoms with van der Waals surface area (Å²) in [5.41, 5.74) is 2.10. The fourth-order valence-corrected chi connectivity index (χ4v) is 1.24. The van der Waals surface area contributed by atoms with Crippen LogP contribution in [0.4, 0.5) is 0 Å². The zero-order chi connectivity index (χ0) is 14.1. The predicted octanol–water partition coefficient (Wildman–Crippen LogP) is 3.80. The second-order valence-corrected chi connectivity index (χ2v) is 3.28. The van der Waals surface area contributed by atoms with Gasteiger partial charge in [0.2, 0.25) is 0 Å². The summed E-state index contributed by atoms with van der Waals surface area (Å²) in [4.78, 5) is 4.14. The third-order valence-electron chi connectivity index (χ3n) is 1.91. The molecule has 1 rings (SSSR count). The van der Waals surface area contributed by atoms with Gasteiger partial charge in [0.15, 0.2) is 0 Å². The van der Waals surface area contributed by atoms with Crippen LogP contribution in [-0.4, -0.2) is 10.8 Å². The van der Waals surface area contributed by atoms with Gasteiger partial charge in [-0.05, 0) is 31.2 Å². The van der Waals surface area contributed by atoms with Gasteiger partial charge in [-0.15, -0.1) is 0 Å². The van der Waals surface area contributed by atoms with Crippen molar-refractivity contribution in [2.75, 3.05) is 0 Å². The van der Waals surface area contributed by atoms with Crippen LogP contribution in [0.15, 0.2) is 48.1 Å². The van der Waals surface area contributed by atoms with E-state index in [1.165, 1.54) is 12.1 Å². The summed E-state index contributed by atoms with van der Waals surface area (Å²) in [6.07, 6.45) is 1.54. The third-order valence-corrected chi connectivity index (χ3v) is 1.91. The van der Waals surface area contributed by atoms with E-state index in [2.05, 4.69) is 18.2 Å². The van der Waals surface area contributed by atoms with Gasteiger partial charge < -0.3 is 5.11 Å². The molecule has 3 heteroatoms. The average Bonchev–Trinajstić information content (AvgIpc) is 2.38. The van der Waals surface area contributed by atoms with Crippen LogP contribution in [0.1, 0.15) is 31.9 Å². The van der Waals surface area contributed by atoms with Crippen molar-refractivity contribution in [1.29, 1.82) is 5.26 Å². The van der Waals surface area contributed by atoms with Crippen LogP contribution >= 0.6 is 0 Å². The molecule has 0 saturated carbocycles. The molecule has 1 aromatic carbocycles. The number of allylic oxidation sites excluding steroid dienone is 2. The molecule has 0 aliphatic rings. The number of phenolic OH excluding ortho intramolecular Hbond substituents is 1. The van der Waals surface area contributed by atoms with Gasteiger partial charge in [0.25, 0.3) is 0 Å². The van der Waals surface area contributed by atoms with Crippen LogP contribution in [0.3, 0.4) is 0 Å². The Hall–Kier alpha value is -2.34. The molecule has 0 aliphatic carbocycles. The molecule has 0 bridgehead atoms. The predicted molar refractivity (Wildman–Crippen MR) is 75.7 cm³/mol. The maximum Gasteiger partial charge on any atom is 0.126 e. The van der Waals surface area contributed by atoms with E-state index < -0.39 is 0 Å². The summed E-state index contributed by atoms with van der Waals surface area (Å²) in [6.45, 7) is 13.0. The van der Waals surface area contributed by atoms with Crippen molar-refractivity contribution in [3.05, 3.63) is 54.3 Å². The minimum absolute atomic E-state index is 0.0129. The van der Waals surface area contributed by atoms with Gasteiger partial charge in [0.05, 0.1) is 17.3 Å². The normalized spacial score (nSPS) is 9.78. The number of hydrogen-bond donors (Lipinski definition) is 1. The zero-order valence-electron chi connectivity index (χ0n) is 11.1. The minimum atomic E-state index is 0.0129. The highest BCUT2D eigenvalue weighted by molar-refractivity contribution is 6.10. The largest absolute Gasteiger partial charge is 0.507 e. The first-order chi connectivity index (χ1) is 8.58. The van der Waals surface area contributed by atoms with E-state index in [1.807, 2.05) is 19.9 Å². The van der Waals surface area contributed by atoms with Crippen molar-refractivity contribution in [3.63, 3.8) is 0 Å². The number of benzene rings is 1. The fraction of sp³-hybridized carbons (Fsp3) is 0.200. The summed E-state index contributed by atoms with van der Waals surface area (Å²) >= 11 is 0. The molecule has 0 aromatic heterocycles. The monoisotopic (exact) mass is 242 g/mol. The lowest BCUT2D eigenvalue weighted by molar-refractivity contribution is 0.474. The lowest BCUT2D eigenvalue weighted by Gasteiger charge is -2.04. The molecule has 0 amide bonds. The first-order valence-corrected chi connectivity index (χ1v) is 5.68. The van der Waals surface area contributed by atoms with Crippen LogP contribution in [-0.2, 0) is 0 Å². The number of hydrogen-bond acceptors (Lipinski definition) is 3. The molecule has 1 N–H and O–H groups in total. The molecule has 3 nitrogen and oxygen atoms in total. The average molecular weight is 242 g/mol. The number of phenols is 1. The Morgan fingerprint density at radius 3 is 2.44 bits per heavy atom. The Morgan fingerprint density at radius 2 is 2.06 bits per heavy atom. The van der Waals surface area contributed by atoms with Gasteiger partial charge in [0, 0.05) is 11.3 Å². The Morgan fingerprint density at radius 1 is 1.44 bits per heavy atom. The quantitative estimate of drug-likeness (QED) is 0.819. The van der Waals surface area contributed by atoms with Crippen molar-refractivity contribution in [1.82, 2.24) is 0 Å². The molecule has 0 fully saturated rings. The highest BCUT2D eigenvalue weighted by Gasteiger charge is 2.06. The molecule has 0 heterocycles. The Bertz CT molecular complexity index is 508. The topological polar surface area (TPSA) is 56.4 Å². The van der Waals surface area contributed by atoms with E-state index >= 15 is 0 Å². The van der Waals surface area contributed by atoms with Gasteiger partial charge in [-0.2, -0.15) is 5.26 Å². The van der Waals surface area contributed by atoms with Crippen LogP contribution in [0, 0.1) is 11.3 Å². The number of aliphatic imine (C=N–C) groups is 1. The fourth-order valence-electron chi connectivity index (χ4n) is 1.24. The van der Waals surface area contributed by atoms with Crippen LogP contribution in [0.25, 0.3) is 0 Å². The molecule has 94 valence electrons. The van der Waals surface area contributed by atoms with Crippen LogP contribution < -0.4 is 0 Å². The maximum absolute atomic E-state index is 9.73. The smallest absolute Gasteiger partial charge is 0.126 e. The molecular formula is C15H18N2O. The zero-order valence-corrected chi connectivity index (χ0v) is 11.1. The molecule has 18 heavy (non-hydrogen) atoms. The number of aromatic hydroxyl groups is 1. The lowest BCUT2D eigenvalue weighted by Crippen LogP contribution is -1.97. The van der Waals surface area contributed by atoms with Crippen molar-refractivity contribution in [2.24, 2.45) is 4.99 Å². The molecule has 0 aliphatic heterocycles. The van der Waals surface area contributed by atoms with E-state index in [-0.39, 0.29) is 5.75 Å². The van der Waals surface area contributed by atoms with E-state index in [1.54, 1.807) is 19.1 Å². The minimum Gasteiger partial charge on any atom is -0.507 e. The number of nitriles is 1. The SMILES string of the molecule is C=CC(=NC(=C)C)c1ccc(C#N)cc1O.CC. The maximum atomic E-state index is 9.73. The highest BCUT2D eigenvalue weighted by Crippen LogP contribution is 2.20. The summed E-state index contributed by atoms with van der Waals surface area (Å²) in [5, 5.41) is 18.4. The Labute approximate surface area is 108 Å². The van der Waals surface area contributed by atoms with Gasteiger partial charge in [-0.25, -0.2) is 0 Å². The van der Waals surface area contributed by atoms with Crippen LogP contribution in [0.5, 0.6) is 5.75 Å². The highest BCUT2D eigenvalue weighted by atomic mass is 16.3. The molecule has 0 saturated heterocycles. The Balaban J connectivity index is 0.00000137. The molecular weight excluding hydrogens is 224 g/mol. The summed E-state index contributed by atoms with van der Waals surface area (Å²) < 4.78 is 0. The first kappa shape index (κ1) is 15.7. The standard InChI is InChI=1S/C13H12N2O.C2H6/c1-4-12(15-9(2)3)11-6-5-10(8-14)7-13(11)16;1-2/h4-7,16H,1-2H2,3H3;1-2H3. The van der Waals surface area contributed by atoms with Gasteiger partial charge in [-0.1, -0.05) is 27.0 Å². The third kappa shape index (κ3) is 4.26. The lowest BCUT2D eigenvalue weighted by atomic mass is 10.1. The Kier molecular flexibility index (Phi) is 6.83. The molecule has 0 radical (unpaired) electrons. The van der Waals surface area contributed by atoms with Gasteiger partial charge >= 0.3 is 0 Å². The van der Waals surface area contributed by atoms with Gasteiger partial charge in [-0.3, -0.25) is 4.99 Å². The van der Waals surface area contributed by atoms with Crippen molar-refractivity contribution >= 4 is 5.71 Å².